The Morgan fingerprint density at radius 1 is 1.17 bits per heavy atom. The lowest BCUT2D eigenvalue weighted by Gasteiger charge is -2.28. The third-order valence-electron chi connectivity index (χ3n) is 4.42. The predicted molar refractivity (Wildman–Crippen MR) is 117 cm³/mol. The standard InChI is InChI=1S/C22H26ClFN2O2S/c1-3-12-25-22(28)16(2)26(13-17-8-10-19(24)11-9-17)21(27)15-29-14-18-6-4-5-7-20(18)23/h4-11,16H,3,12-15H2,1-2H3,(H,25,28)/t16-/m1/s1. The minimum atomic E-state index is -0.625. The van der Waals surface area contributed by atoms with Crippen molar-refractivity contribution < 1.29 is 14.0 Å². The number of halogens is 2. The van der Waals surface area contributed by atoms with Crippen LogP contribution in [0.25, 0.3) is 0 Å². The van der Waals surface area contributed by atoms with Crippen molar-refractivity contribution in [3.8, 4) is 0 Å². The van der Waals surface area contributed by atoms with Crippen LogP contribution in [0.3, 0.4) is 0 Å². The molecule has 1 atom stereocenters. The van der Waals surface area contributed by atoms with E-state index in [9.17, 15) is 14.0 Å². The van der Waals surface area contributed by atoms with Crippen LogP contribution in [-0.4, -0.2) is 35.1 Å². The van der Waals surface area contributed by atoms with Gasteiger partial charge in [0.05, 0.1) is 5.75 Å². The van der Waals surface area contributed by atoms with Crippen molar-refractivity contribution in [3.63, 3.8) is 0 Å². The highest BCUT2D eigenvalue weighted by atomic mass is 35.5. The molecular formula is C22H26ClFN2O2S. The molecule has 0 saturated carbocycles. The molecule has 0 fully saturated rings. The van der Waals surface area contributed by atoms with Crippen LogP contribution in [0.5, 0.6) is 0 Å². The van der Waals surface area contributed by atoms with Crippen molar-refractivity contribution >= 4 is 35.2 Å². The van der Waals surface area contributed by atoms with Gasteiger partial charge in [0.25, 0.3) is 0 Å². The lowest BCUT2D eigenvalue weighted by Crippen LogP contribution is -2.48. The van der Waals surface area contributed by atoms with E-state index in [1.165, 1.54) is 28.8 Å². The van der Waals surface area contributed by atoms with Crippen LogP contribution >= 0.6 is 23.4 Å². The van der Waals surface area contributed by atoms with E-state index < -0.39 is 6.04 Å². The predicted octanol–water partition coefficient (Wildman–Crippen LogP) is 4.66. The second-order valence-corrected chi connectivity index (χ2v) is 8.09. The Morgan fingerprint density at radius 2 is 1.86 bits per heavy atom. The molecule has 2 aromatic rings. The summed E-state index contributed by atoms with van der Waals surface area (Å²) in [7, 11) is 0. The normalized spacial score (nSPS) is 11.7. The topological polar surface area (TPSA) is 49.4 Å². The fraction of sp³-hybridized carbons (Fsp3) is 0.364. The summed E-state index contributed by atoms with van der Waals surface area (Å²) in [5, 5.41) is 3.50. The van der Waals surface area contributed by atoms with Gasteiger partial charge in [-0.1, -0.05) is 48.9 Å². The molecule has 0 bridgehead atoms. The molecule has 4 nitrogen and oxygen atoms in total. The number of rotatable bonds is 10. The van der Waals surface area contributed by atoms with E-state index in [-0.39, 0.29) is 29.9 Å². The number of carbonyl (C=O) groups excluding carboxylic acids is 2. The quantitative estimate of drug-likeness (QED) is 0.589. The molecule has 0 aliphatic carbocycles. The van der Waals surface area contributed by atoms with Gasteiger partial charge < -0.3 is 10.2 Å². The summed E-state index contributed by atoms with van der Waals surface area (Å²) in [5.41, 5.74) is 1.73. The zero-order valence-corrected chi connectivity index (χ0v) is 18.2. The minimum absolute atomic E-state index is 0.148. The number of nitrogens with one attached hydrogen (secondary N) is 1. The van der Waals surface area contributed by atoms with Crippen LogP contribution in [-0.2, 0) is 21.9 Å². The first-order chi connectivity index (χ1) is 13.9. The highest BCUT2D eigenvalue weighted by molar-refractivity contribution is 7.99. The maximum Gasteiger partial charge on any atom is 0.242 e. The number of amides is 2. The van der Waals surface area contributed by atoms with E-state index in [4.69, 9.17) is 11.6 Å². The Bertz CT molecular complexity index is 817. The summed E-state index contributed by atoms with van der Waals surface area (Å²) in [6.45, 7) is 4.48. The Kier molecular flexibility index (Phi) is 9.48. The summed E-state index contributed by atoms with van der Waals surface area (Å²) in [4.78, 5) is 26.9. The molecule has 1 N–H and O–H groups in total. The van der Waals surface area contributed by atoms with Crippen LogP contribution in [0.2, 0.25) is 5.02 Å². The molecule has 0 spiro atoms. The van der Waals surface area contributed by atoms with Crippen molar-refractivity contribution in [2.24, 2.45) is 0 Å². The number of carbonyl (C=O) groups is 2. The van der Waals surface area contributed by atoms with Gasteiger partial charge in [0.15, 0.2) is 0 Å². The van der Waals surface area contributed by atoms with Crippen LogP contribution in [0.15, 0.2) is 48.5 Å². The van der Waals surface area contributed by atoms with Crippen LogP contribution in [0.4, 0.5) is 4.39 Å². The molecule has 2 amide bonds. The maximum absolute atomic E-state index is 13.2. The van der Waals surface area contributed by atoms with Gasteiger partial charge >= 0.3 is 0 Å². The van der Waals surface area contributed by atoms with Crippen LogP contribution in [0.1, 0.15) is 31.4 Å². The zero-order chi connectivity index (χ0) is 21.2. The molecule has 0 unspecified atom stereocenters. The molecule has 0 aromatic heterocycles. The van der Waals surface area contributed by atoms with Gasteiger partial charge in [-0.05, 0) is 42.7 Å². The third-order valence-corrected chi connectivity index (χ3v) is 5.76. The first-order valence-electron chi connectivity index (χ1n) is 9.55. The molecule has 0 radical (unpaired) electrons. The van der Waals surface area contributed by atoms with Crippen molar-refractivity contribution in [2.75, 3.05) is 12.3 Å². The summed E-state index contributed by atoms with van der Waals surface area (Å²) in [5.74, 6) is 0.143. The molecule has 0 aliphatic heterocycles. The molecule has 156 valence electrons. The van der Waals surface area contributed by atoms with Gasteiger partial charge in [-0.3, -0.25) is 9.59 Å². The van der Waals surface area contributed by atoms with Crippen LogP contribution < -0.4 is 5.32 Å². The molecular weight excluding hydrogens is 411 g/mol. The second-order valence-electron chi connectivity index (χ2n) is 6.70. The van der Waals surface area contributed by atoms with Gasteiger partial charge in [-0.2, -0.15) is 0 Å². The molecule has 2 rings (SSSR count). The summed E-state index contributed by atoms with van der Waals surface area (Å²) in [6, 6.07) is 12.9. The van der Waals surface area contributed by atoms with E-state index in [0.717, 1.165) is 17.5 Å². The van der Waals surface area contributed by atoms with Crippen molar-refractivity contribution in [3.05, 3.63) is 70.5 Å². The number of hydrogen-bond acceptors (Lipinski definition) is 3. The Hall–Kier alpha value is -2.05. The summed E-state index contributed by atoms with van der Waals surface area (Å²) < 4.78 is 13.2. The first kappa shape index (κ1) is 23.2. The number of hydrogen-bond donors (Lipinski definition) is 1. The highest BCUT2D eigenvalue weighted by Crippen LogP contribution is 2.21. The first-order valence-corrected chi connectivity index (χ1v) is 11.1. The maximum atomic E-state index is 13.2. The smallest absolute Gasteiger partial charge is 0.242 e. The monoisotopic (exact) mass is 436 g/mol. The Morgan fingerprint density at radius 3 is 2.52 bits per heavy atom. The molecule has 0 aliphatic rings. The fourth-order valence-electron chi connectivity index (χ4n) is 2.71. The molecule has 2 aromatic carbocycles. The minimum Gasteiger partial charge on any atom is -0.354 e. The lowest BCUT2D eigenvalue weighted by molar-refractivity contribution is -0.138. The van der Waals surface area contributed by atoms with E-state index >= 15 is 0 Å². The van der Waals surface area contributed by atoms with E-state index in [1.54, 1.807) is 19.1 Å². The van der Waals surface area contributed by atoms with Crippen LogP contribution in [0, 0.1) is 5.82 Å². The van der Waals surface area contributed by atoms with E-state index in [2.05, 4.69) is 5.32 Å². The number of thioether (sulfide) groups is 1. The number of nitrogens with zero attached hydrogens (tertiary/aromatic N) is 1. The van der Waals surface area contributed by atoms with Gasteiger partial charge in [0.1, 0.15) is 11.9 Å². The molecule has 0 saturated heterocycles. The average molecular weight is 437 g/mol. The van der Waals surface area contributed by atoms with Gasteiger partial charge in [-0.25, -0.2) is 4.39 Å². The SMILES string of the molecule is CCCNC(=O)[C@@H](C)N(Cc1ccc(F)cc1)C(=O)CSCc1ccccc1Cl. The lowest BCUT2D eigenvalue weighted by atomic mass is 10.1. The number of benzene rings is 2. The summed E-state index contributed by atoms with van der Waals surface area (Å²) >= 11 is 7.62. The highest BCUT2D eigenvalue weighted by Gasteiger charge is 2.25. The third kappa shape index (κ3) is 7.37. The zero-order valence-electron chi connectivity index (χ0n) is 16.7. The van der Waals surface area contributed by atoms with Gasteiger partial charge in [-0.15, -0.1) is 11.8 Å². The molecule has 29 heavy (non-hydrogen) atoms. The van der Waals surface area contributed by atoms with Gasteiger partial charge in [0, 0.05) is 23.9 Å². The van der Waals surface area contributed by atoms with Crippen molar-refractivity contribution in [1.29, 1.82) is 0 Å². The van der Waals surface area contributed by atoms with Crippen molar-refractivity contribution in [2.45, 2.75) is 38.6 Å². The second kappa shape index (κ2) is 11.8. The Labute approximate surface area is 180 Å². The van der Waals surface area contributed by atoms with Gasteiger partial charge in [0.2, 0.25) is 11.8 Å². The van der Waals surface area contributed by atoms with Crippen molar-refractivity contribution in [1.82, 2.24) is 10.2 Å². The molecule has 7 heteroatoms. The Balaban J connectivity index is 2.05. The summed E-state index contributed by atoms with van der Waals surface area (Å²) in [6.07, 6.45) is 0.818. The van der Waals surface area contributed by atoms with E-state index in [0.29, 0.717) is 17.3 Å². The molecule has 0 heterocycles. The average Bonchev–Trinajstić information content (AvgIpc) is 2.72. The fourth-order valence-corrected chi connectivity index (χ4v) is 3.91. The van der Waals surface area contributed by atoms with E-state index in [1.807, 2.05) is 31.2 Å². The largest absolute Gasteiger partial charge is 0.354 e.